The van der Waals surface area contributed by atoms with E-state index in [9.17, 15) is 4.79 Å². The minimum Gasteiger partial charge on any atom is -0.483 e. The van der Waals surface area contributed by atoms with Gasteiger partial charge in [0.05, 0.1) is 16.4 Å². The topological polar surface area (TPSA) is 47.4 Å². The lowest BCUT2D eigenvalue weighted by Crippen LogP contribution is -2.30. The molecule has 4 aromatic rings. The van der Waals surface area contributed by atoms with Crippen molar-refractivity contribution in [2.24, 2.45) is 0 Å². The van der Waals surface area contributed by atoms with Gasteiger partial charge in [-0.05, 0) is 44.9 Å². The van der Waals surface area contributed by atoms with Crippen molar-refractivity contribution in [2.45, 2.75) is 6.54 Å². The molecule has 0 bridgehead atoms. The number of hydrogen-bond donors (Lipinski definition) is 0. The second kappa shape index (κ2) is 8.49. The molecular weight excluding hydrogens is 430 g/mol. The van der Waals surface area contributed by atoms with Crippen LogP contribution in [0.5, 0.6) is 5.75 Å². The Bertz CT molecular complexity index is 1140. The number of carbonyl (C=O) groups excluding carboxylic acids is 1. The number of para-hydroxylation sites is 1. The predicted octanol–water partition coefficient (Wildman–Crippen LogP) is 4.83. The maximum atomic E-state index is 12.5. The summed E-state index contributed by atoms with van der Waals surface area (Å²) in [5, 5.41) is 6.55. The van der Waals surface area contributed by atoms with Crippen LogP contribution in [-0.4, -0.2) is 34.2 Å². The minimum absolute atomic E-state index is 0.0275. The number of fused-ring (bicyclic) bond motifs is 1. The van der Waals surface area contributed by atoms with E-state index in [1.54, 1.807) is 22.8 Å². The van der Waals surface area contributed by atoms with Crippen molar-refractivity contribution >= 4 is 32.6 Å². The first-order chi connectivity index (χ1) is 14.1. The van der Waals surface area contributed by atoms with Crippen LogP contribution in [0.25, 0.3) is 16.5 Å². The average Bonchev–Trinajstić information content (AvgIpc) is 3.22. The summed E-state index contributed by atoms with van der Waals surface area (Å²) < 4.78 is 8.44. The van der Waals surface area contributed by atoms with Crippen LogP contribution in [0.3, 0.4) is 0 Å². The van der Waals surface area contributed by atoms with Crippen LogP contribution < -0.4 is 4.74 Å². The Hall–Kier alpha value is -3.12. The smallest absolute Gasteiger partial charge is 0.260 e. The number of ether oxygens (including phenoxy) is 1. The van der Waals surface area contributed by atoms with Crippen LogP contribution in [0.2, 0.25) is 0 Å². The summed E-state index contributed by atoms with van der Waals surface area (Å²) in [6.45, 7) is 0.439. The van der Waals surface area contributed by atoms with Gasteiger partial charge in [-0.1, -0.05) is 48.5 Å². The first-order valence-corrected chi connectivity index (χ1v) is 10.0. The summed E-state index contributed by atoms with van der Waals surface area (Å²) in [4.78, 5) is 14.2. The van der Waals surface area contributed by atoms with E-state index >= 15 is 0 Å². The molecule has 0 aliphatic carbocycles. The zero-order chi connectivity index (χ0) is 20.2. The number of amides is 1. The predicted molar refractivity (Wildman–Crippen MR) is 117 cm³/mol. The van der Waals surface area contributed by atoms with Crippen LogP contribution in [0, 0.1) is 0 Å². The van der Waals surface area contributed by atoms with Crippen molar-refractivity contribution in [2.75, 3.05) is 13.7 Å². The molecule has 0 atom stereocenters. The highest BCUT2D eigenvalue weighted by Gasteiger charge is 2.13. The Labute approximate surface area is 177 Å². The molecule has 1 heterocycles. The summed E-state index contributed by atoms with van der Waals surface area (Å²) in [6.07, 6.45) is 3.71. The molecule has 1 amide bonds. The van der Waals surface area contributed by atoms with Gasteiger partial charge in [0, 0.05) is 25.4 Å². The number of benzene rings is 3. The maximum Gasteiger partial charge on any atom is 0.260 e. The summed E-state index contributed by atoms with van der Waals surface area (Å²) >= 11 is 3.59. The van der Waals surface area contributed by atoms with E-state index < -0.39 is 0 Å². The molecule has 0 saturated heterocycles. The SMILES string of the molecule is CN(Cc1cnn(-c2ccccc2)c1)C(=O)COc1ccc2ccccc2c1Br. The number of halogens is 1. The molecule has 29 heavy (non-hydrogen) atoms. The van der Waals surface area contributed by atoms with Gasteiger partial charge in [0.1, 0.15) is 5.75 Å². The van der Waals surface area contributed by atoms with Gasteiger partial charge in [0.15, 0.2) is 6.61 Å². The Kier molecular flexibility index (Phi) is 5.62. The normalized spacial score (nSPS) is 10.8. The van der Waals surface area contributed by atoms with E-state index in [2.05, 4.69) is 21.0 Å². The van der Waals surface area contributed by atoms with Crippen molar-refractivity contribution in [1.29, 1.82) is 0 Å². The van der Waals surface area contributed by atoms with E-state index in [1.165, 1.54) is 0 Å². The van der Waals surface area contributed by atoms with Gasteiger partial charge in [-0.2, -0.15) is 5.10 Å². The molecule has 0 saturated carbocycles. The third-order valence-electron chi connectivity index (χ3n) is 4.68. The molecular formula is C23H20BrN3O2. The monoisotopic (exact) mass is 449 g/mol. The quantitative estimate of drug-likeness (QED) is 0.423. The van der Waals surface area contributed by atoms with E-state index in [0.717, 1.165) is 26.5 Å². The van der Waals surface area contributed by atoms with Crippen LogP contribution in [0.1, 0.15) is 5.56 Å². The number of hydrogen-bond acceptors (Lipinski definition) is 3. The molecule has 6 heteroatoms. The van der Waals surface area contributed by atoms with Crippen molar-refractivity contribution in [3.05, 3.63) is 89.2 Å². The fourth-order valence-corrected chi connectivity index (χ4v) is 3.71. The molecule has 1 aromatic heterocycles. The molecule has 146 valence electrons. The third kappa shape index (κ3) is 4.32. The van der Waals surface area contributed by atoms with Gasteiger partial charge in [-0.3, -0.25) is 4.79 Å². The van der Waals surface area contributed by atoms with Crippen molar-refractivity contribution in [1.82, 2.24) is 14.7 Å². The molecule has 0 spiro atoms. The third-order valence-corrected chi connectivity index (χ3v) is 5.50. The van der Waals surface area contributed by atoms with E-state index in [0.29, 0.717) is 12.3 Å². The fourth-order valence-electron chi connectivity index (χ4n) is 3.10. The lowest BCUT2D eigenvalue weighted by Gasteiger charge is -2.17. The summed E-state index contributed by atoms with van der Waals surface area (Å²) in [5.74, 6) is 0.555. The van der Waals surface area contributed by atoms with Gasteiger partial charge >= 0.3 is 0 Å². The molecule has 4 rings (SSSR count). The Morgan fingerprint density at radius 3 is 2.66 bits per heavy atom. The van der Waals surface area contributed by atoms with Gasteiger partial charge in [-0.25, -0.2) is 4.68 Å². The highest BCUT2D eigenvalue weighted by atomic mass is 79.9. The zero-order valence-corrected chi connectivity index (χ0v) is 17.5. The van der Waals surface area contributed by atoms with Crippen LogP contribution in [-0.2, 0) is 11.3 Å². The van der Waals surface area contributed by atoms with Crippen LogP contribution in [0.4, 0.5) is 0 Å². The van der Waals surface area contributed by atoms with Crippen molar-refractivity contribution in [3.63, 3.8) is 0 Å². The zero-order valence-electron chi connectivity index (χ0n) is 16.0. The second-order valence-corrected chi connectivity index (χ2v) is 7.56. The Morgan fingerprint density at radius 1 is 1.07 bits per heavy atom. The Balaban J connectivity index is 1.38. The minimum atomic E-state index is -0.0995. The maximum absolute atomic E-state index is 12.5. The number of nitrogens with zero attached hydrogens (tertiary/aromatic N) is 3. The number of carbonyl (C=O) groups is 1. The van der Waals surface area contributed by atoms with Gasteiger partial charge in [-0.15, -0.1) is 0 Å². The first kappa shape index (κ1) is 19.2. The average molecular weight is 450 g/mol. The highest BCUT2D eigenvalue weighted by Crippen LogP contribution is 2.33. The molecule has 0 fully saturated rings. The summed E-state index contributed by atoms with van der Waals surface area (Å²) in [7, 11) is 1.76. The molecule has 0 aliphatic heterocycles. The second-order valence-electron chi connectivity index (χ2n) is 6.77. The lowest BCUT2D eigenvalue weighted by atomic mass is 10.1. The van der Waals surface area contributed by atoms with Crippen LogP contribution >= 0.6 is 15.9 Å². The molecule has 0 aliphatic rings. The number of rotatable bonds is 6. The van der Waals surface area contributed by atoms with Crippen molar-refractivity contribution in [3.8, 4) is 11.4 Å². The van der Waals surface area contributed by atoms with Crippen LogP contribution in [0.15, 0.2) is 83.6 Å². The van der Waals surface area contributed by atoms with E-state index in [-0.39, 0.29) is 12.5 Å². The molecule has 3 aromatic carbocycles. The largest absolute Gasteiger partial charge is 0.483 e. The summed E-state index contributed by atoms with van der Waals surface area (Å²) in [6, 6.07) is 21.8. The Morgan fingerprint density at radius 2 is 1.83 bits per heavy atom. The van der Waals surface area contributed by atoms with Gasteiger partial charge < -0.3 is 9.64 Å². The molecule has 0 N–H and O–H groups in total. The molecule has 5 nitrogen and oxygen atoms in total. The van der Waals surface area contributed by atoms with E-state index in [1.807, 2.05) is 72.9 Å². The lowest BCUT2D eigenvalue weighted by molar-refractivity contribution is -0.132. The number of aromatic nitrogens is 2. The first-order valence-electron chi connectivity index (χ1n) is 9.25. The van der Waals surface area contributed by atoms with Gasteiger partial charge in [0.2, 0.25) is 0 Å². The standard InChI is InChI=1S/C23H20BrN3O2/c1-26(14-17-13-25-27(15-17)19-8-3-2-4-9-19)22(28)16-29-21-12-11-18-7-5-6-10-20(18)23(21)24/h2-13,15H,14,16H2,1H3. The molecule has 0 unspecified atom stereocenters. The van der Waals surface area contributed by atoms with Gasteiger partial charge in [0.25, 0.3) is 5.91 Å². The summed E-state index contributed by atoms with van der Waals surface area (Å²) in [5.41, 5.74) is 1.94. The van der Waals surface area contributed by atoms with Crippen molar-refractivity contribution < 1.29 is 9.53 Å². The fraction of sp³-hybridized carbons (Fsp3) is 0.130. The highest BCUT2D eigenvalue weighted by molar-refractivity contribution is 9.10. The molecule has 0 radical (unpaired) electrons. The van der Waals surface area contributed by atoms with E-state index in [4.69, 9.17) is 4.74 Å². The number of likely N-dealkylation sites (N-methyl/N-ethyl adjacent to an activating group) is 1.